The van der Waals surface area contributed by atoms with E-state index in [0.717, 1.165) is 12.8 Å². The third kappa shape index (κ3) is 2.76. The Kier molecular flexibility index (Phi) is 3.62. The number of hydrogen-bond acceptors (Lipinski definition) is 3. The van der Waals surface area contributed by atoms with E-state index in [2.05, 4.69) is 10.8 Å². The van der Waals surface area contributed by atoms with Crippen molar-refractivity contribution in [1.82, 2.24) is 4.72 Å². The maximum absolute atomic E-state index is 12.3. The molecule has 2 aromatic rings. The Bertz CT molecular complexity index is 707. The lowest BCUT2D eigenvalue weighted by Crippen LogP contribution is -2.31. The third-order valence-electron chi connectivity index (χ3n) is 3.60. The predicted octanol–water partition coefficient (Wildman–Crippen LogP) is 3.41. The van der Waals surface area contributed by atoms with Crippen LogP contribution in [0.1, 0.15) is 17.7 Å². The van der Waals surface area contributed by atoms with Crippen molar-refractivity contribution in [3.05, 3.63) is 51.7 Å². The van der Waals surface area contributed by atoms with Crippen LogP contribution in [0, 0.1) is 0 Å². The Balaban J connectivity index is 1.75. The fraction of sp³-hybridized carbons (Fsp3) is 0.286. The van der Waals surface area contributed by atoms with Crippen LogP contribution in [0.2, 0.25) is 5.02 Å². The number of sulfonamides is 1. The molecule has 1 fully saturated rings. The molecule has 0 saturated heterocycles. The summed E-state index contributed by atoms with van der Waals surface area (Å²) < 4.78 is 27.2. The Morgan fingerprint density at radius 3 is 2.65 bits per heavy atom. The highest BCUT2D eigenvalue weighted by molar-refractivity contribution is 7.89. The van der Waals surface area contributed by atoms with Crippen LogP contribution >= 0.6 is 22.9 Å². The molecular formula is C14H14ClNO2S2. The van der Waals surface area contributed by atoms with Gasteiger partial charge in [-0.25, -0.2) is 13.1 Å². The normalized spacial score (nSPS) is 17.1. The van der Waals surface area contributed by atoms with Crippen molar-refractivity contribution in [2.45, 2.75) is 23.2 Å². The Morgan fingerprint density at radius 1 is 1.25 bits per heavy atom. The van der Waals surface area contributed by atoms with E-state index in [1.165, 1.54) is 10.9 Å². The quantitative estimate of drug-likeness (QED) is 0.914. The molecule has 0 aliphatic heterocycles. The molecule has 1 saturated carbocycles. The van der Waals surface area contributed by atoms with E-state index in [9.17, 15) is 8.42 Å². The Morgan fingerprint density at radius 2 is 2.05 bits per heavy atom. The fourth-order valence-electron chi connectivity index (χ4n) is 2.19. The van der Waals surface area contributed by atoms with Gasteiger partial charge in [0, 0.05) is 21.9 Å². The molecule has 0 radical (unpaired) electrons. The van der Waals surface area contributed by atoms with Crippen molar-refractivity contribution in [1.29, 1.82) is 0 Å². The highest BCUT2D eigenvalue weighted by Gasteiger charge is 2.45. The van der Waals surface area contributed by atoms with Crippen LogP contribution in [0.25, 0.3) is 0 Å². The summed E-state index contributed by atoms with van der Waals surface area (Å²) in [4.78, 5) is 1.47. The molecular weight excluding hydrogens is 314 g/mol. The van der Waals surface area contributed by atoms with Gasteiger partial charge in [0.2, 0.25) is 10.0 Å². The van der Waals surface area contributed by atoms with Crippen molar-refractivity contribution in [3.63, 3.8) is 0 Å². The first-order valence-corrected chi connectivity index (χ1v) is 9.05. The molecule has 0 atom stereocenters. The lowest BCUT2D eigenvalue weighted by molar-refractivity contribution is 0.569. The Hall–Kier alpha value is -0.880. The summed E-state index contributed by atoms with van der Waals surface area (Å²) in [5.41, 5.74) is -0.000187. The molecule has 6 heteroatoms. The van der Waals surface area contributed by atoms with Crippen LogP contribution < -0.4 is 4.72 Å². The van der Waals surface area contributed by atoms with E-state index in [4.69, 9.17) is 11.6 Å². The molecule has 1 N–H and O–H groups in total. The van der Waals surface area contributed by atoms with Crippen LogP contribution in [0.3, 0.4) is 0 Å². The summed E-state index contributed by atoms with van der Waals surface area (Å²) in [6.45, 7) is 0.447. The van der Waals surface area contributed by atoms with Gasteiger partial charge in [0.05, 0.1) is 4.90 Å². The van der Waals surface area contributed by atoms with Gasteiger partial charge in [0.25, 0.3) is 0 Å². The SMILES string of the molecule is O=S(=O)(NCC1(c2cccs2)CC1)c1cccc(Cl)c1. The van der Waals surface area contributed by atoms with Gasteiger partial charge in [0.15, 0.2) is 0 Å². The molecule has 106 valence electrons. The molecule has 1 heterocycles. The maximum atomic E-state index is 12.3. The van der Waals surface area contributed by atoms with Crippen LogP contribution in [-0.4, -0.2) is 15.0 Å². The number of rotatable bonds is 5. The second-order valence-corrected chi connectivity index (χ2v) is 8.19. The number of halogens is 1. The van der Waals surface area contributed by atoms with Crippen molar-refractivity contribution in [3.8, 4) is 0 Å². The van der Waals surface area contributed by atoms with Gasteiger partial charge in [-0.3, -0.25) is 0 Å². The van der Waals surface area contributed by atoms with Gasteiger partial charge >= 0.3 is 0 Å². The van der Waals surface area contributed by atoms with Gasteiger partial charge in [-0.1, -0.05) is 23.7 Å². The second kappa shape index (κ2) is 5.15. The van der Waals surface area contributed by atoms with E-state index in [0.29, 0.717) is 11.6 Å². The minimum Gasteiger partial charge on any atom is -0.210 e. The van der Waals surface area contributed by atoms with Gasteiger partial charge < -0.3 is 0 Å². The van der Waals surface area contributed by atoms with E-state index in [1.54, 1.807) is 29.5 Å². The fourth-order valence-corrected chi connectivity index (χ4v) is 4.61. The van der Waals surface area contributed by atoms with Crippen LogP contribution in [0.4, 0.5) is 0 Å². The monoisotopic (exact) mass is 327 g/mol. The van der Waals surface area contributed by atoms with E-state index in [1.807, 2.05) is 11.4 Å². The van der Waals surface area contributed by atoms with Crippen LogP contribution in [0.5, 0.6) is 0 Å². The van der Waals surface area contributed by atoms with Crippen LogP contribution in [0.15, 0.2) is 46.7 Å². The Labute approximate surface area is 127 Å². The van der Waals surface area contributed by atoms with Crippen molar-refractivity contribution < 1.29 is 8.42 Å². The largest absolute Gasteiger partial charge is 0.240 e. The van der Waals surface area contributed by atoms with E-state index < -0.39 is 10.0 Å². The van der Waals surface area contributed by atoms with E-state index in [-0.39, 0.29) is 10.3 Å². The molecule has 20 heavy (non-hydrogen) atoms. The van der Waals surface area contributed by atoms with E-state index >= 15 is 0 Å². The zero-order valence-electron chi connectivity index (χ0n) is 10.7. The molecule has 1 aromatic carbocycles. The third-order valence-corrected chi connectivity index (χ3v) is 6.35. The predicted molar refractivity (Wildman–Crippen MR) is 81.9 cm³/mol. The summed E-state index contributed by atoms with van der Waals surface area (Å²) in [5.74, 6) is 0. The van der Waals surface area contributed by atoms with Gasteiger partial charge in [-0.15, -0.1) is 11.3 Å². The molecule has 1 aliphatic carbocycles. The summed E-state index contributed by atoms with van der Waals surface area (Å²) in [5, 5.41) is 2.45. The highest BCUT2D eigenvalue weighted by Crippen LogP contribution is 2.49. The lowest BCUT2D eigenvalue weighted by atomic mass is 10.1. The highest BCUT2D eigenvalue weighted by atomic mass is 35.5. The second-order valence-electron chi connectivity index (χ2n) is 5.04. The standard InChI is InChI=1S/C14H14ClNO2S2/c15-11-3-1-4-12(9-11)20(17,18)16-10-14(6-7-14)13-5-2-8-19-13/h1-5,8-9,16H,6-7,10H2. The molecule has 0 unspecified atom stereocenters. The number of thiophene rings is 1. The minimum atomic E-state index is -3.50. The zero-order valence-corrected chi connectivity index (χ0v) is 13.1. The molecule has 1 aliphatic rings. The average molecular weight is 328 g/mol. The zero-order chi connectivity index (χ0) is 14.2. The summed E-state index contributed by atoms with van der Waals surface area (Å²) >= 11 is 7.53. The van der Waals surface area contributed by atoms with Crippen molar-refractivity contribution >= 4 is 33.0 Å². The smallest absolute Gasteiger partial charge is 0.210 e. The lowest BCUT2D eigenvalue weighted by Gasteiger charge is -2.14. The molecule has 0 spiro atoms. The van der Waals surface area contributed by atoms with Gasteiger partial charge in [0.1, 0.15) is 0 Å². The molecule has 0 amide bonds. The van der Waals surface area contributed by atoms with Crippen molar-refractivity contribution in [2.24, 2.45) is 0 Å². The summed E-state index contributed by atoms with van der Waals surface area (Å²) in [7, 11) is -3.50. The van der Waals surface area contributed by atoms with Gasteiger partial charge in [-0.05, 0) is 42.5 Å². The molecule has 3 nitrogen and oxygen atoms in total. The first kappa shape index (κ1) is 14.1. The first-order valence-electron chi connectivity index (χ1n) is 6.31. The van der Waals surface area contributed by atoms with Crippen LogP contribution in [-0.2, 0) is 15.4 Å². The minimum absolute atomic E-state index is 0.000187. The number of benzene rings is 1. The first-order chi connectivity index (χ1) is 9.52. The van der Waals surface area contributed by atoms with Gasteiger partial charge in [-0.2, -0.15) is 0 Å². The average Bonchev–Trinajstić information content (AvgIpc) is 3.01. The molecule has 1 aromatic heterocycles. The maximum Gasteiger partial charge on any atom is 0.240 e. The summed E-state index contributed by atoms with van der Waals surface area (Å²) in [6.07, 6.45) is 2.07. The molecule has 3 rings (SSSR count). The molecule has 0 bridgehead atoms. The summed E-state index contributed by atoms with van der Waals surface area (Å²) in [6, 6.07) is 10.4. The number of hydrogen-bond donors (Lipinski definition) is 1. The number of nitrogens with one attached hydrogen (secondary N) is 1. The topological polar surface area (TPSA) is 46.2 Å². The van der Waals surface area contributed by atoms with Crippen molar-refractivity contribution in [2.75, 3.05) is 6.54 Å².